The number of allylic oxidation sites excluding steroid dienone is 1. The number of phosphoric ester groups is 1. The Morgan fingerprint density at radius 3 is 2.46 bits per heavy atom. The van der Waals surface area contributed by atoms with Gasteiger partial charge in [-0.3, -0.25) is 4.57 Å². The topological polar surface area (TPSA) is 94.1 Å². The second-order valence-electron chi connectivity index (χ2n) is 6.83. The van der Waals surface area contributed by atoms with Gasteiger partial charge >= 0.3 is 5.97 Å². The minimum atomic E-state index is -4.55. The van der Waals surface area contributed by atoms with E-state index in [1.807, 2.05) is 40.2 Å². The van der Waals surface area contributed by atoms with Gasteiger partial charge in [0.15, 0.2) is 0 Å². The van der Waals surface area contributed by atoms with Gasteiger partial charge in [-0.25, -0.2) is 4.79 Å². The molecule has 2 unspecified atom stereocenters. The van der Waals surface area contributed by atoms with E-state index in [4.69, 9.17) is 18.5 Å². The van der Waals surface area contributed by atoms with Crippen LogP contribution < -0.4 is 4.89 Å². The van der Waals surface area contributed by atoms with Crippen LogP contribution in [0.5, 0.6) is 0 Å². The molecule has 0 aromatic rings. The van der Waals surface area contributed by atoms with Crippen LogP contribution in [-0.2, 0) is 27.9 Å². The van der Waals surface area contributed by atoms with E-state index in [0.29, 0.717) is 24.1 Å². The number of nitrogens with zero attached hydrogens (tertiary/aromatic N) is 1. The number of likely N-dealkylation sites (N-methyl/N-ethyl adjacent to an activating group) is 1. The first-order valence-corrected chi connectivity index (χ1v) is 9.89. The van der Waals surface area contributed by atoms with E-state index in [2.05, 4.69) is 6.58 Å². The summed E-state index contributed by atoms with van der Waals surface area (Å²) >= 11 is 0. The number of phosphoric acid groups is 1. The van der Waals surface area contributed by atoms with Crippen LogP contribution in [0.3, 0.4) is 0 Å². The predicted molar refractivity (Wildman–Crippen MR) is 97.4 cm³/mol. The summed E-state index contributed by atoms with van der Waals surface area (Å²) in [6, 6.07) is 0. The summed E-state index contributed by atoms with van der Waals surface area (Å²) in [5, 5.41) is 0. The summed E-state index contributed by atoms with van der Waals surface area (Å²) in [6.07, 6.45) is 3.50. The molecule has 0 radical (unpaired) electrons. The third-order valence-corrected chi connectivity index (χ3v) is 4.06. The van der Waals surface area contributed by atoms with Crippen molar-refractivity contribution < 1.29 is 37.3 Å². The summed E-state index contributed by atoms with van der Waals surface area (Å²) in [6.45, 7) is 7.41. The molecule has 152 valence electrons. The van der Waals surface area contributed by atoms with Crippen LogP contribution in [0, 0.1) is 0 Å². The monoisotopic (exact) mass is 393 g/mol. The molecule has 0 aromatic heterocycles. The van der Waals surface area contributed by atoms with E-state index in [9.17, 15) is 14.3 Å². The quantitative estimate of drug-likeness (QED) is 0.111. The smallest absolute Gasteiger partial charge is 0.333 e. The molecule has 0 aliphatic carbocycles. The fourth-order valence-electron chi connectivity index (χ4n) is 1.57. The molecule has 26 heavy (non-hydrogen) atoms. The van der Waals surface area contributed by atoms with Gasteiger partial charge in [0.05, 0.1) is 34.4 Å². The molecule has 0 fully saturated rings. The fourth-order valence-corrected chi connectivity index (χ4v) is 2.43. The molecule has 8 nitrogen and oxygen atoms in total. The zero-order valence-corrected chi connectivity index (χ0v) is 17.3. The molecule has 0 bridgehead atoms. The van der Waals surface area contributed by atoms with E-state index >= 15 is 0 Å². The van der Waals surface area contributed by atoms with Gasteiger partial charge in [0.2, 0.25) is 0 Å². The van der Waals surface area contributed by atoms with E-state index in [0.717, 1.165) is 0 Å². The van der Waals surface area contributed by atoms with Crippen LogP contribution >= 0.6 is 7.82 Å². The maximum Gasteiger partial charge on any atom is 0.333 e. The zero-order valence-electron chi connectivity index (χ0n) is 16.4. The first kappa shape index (κ1) is 25.0. The van der Waals surface area contributed by atoms with Crippen molar-refractivity contribution in [3.63, 3.8) is 0 Å². The number of hydrogen-bond donors (Lipinski definition) is 0. The number of rotatable bonds is 14. The average molecular weight is 393 g/mol. The Morgan fingerprint density at radius 1 is 1.27 bits per heavy atom. The second-order valence-corrected chi connectivity index (χ2v) is 8.20. The molecular formula is C17H32NO7P. The molecule has 0 rings (SSSR count). The fraction of sp³-hybridized carbons (Fsp3) is 0.706. The third-order valence-electron chi connectivity index (χ3n) is 3.01. The lowest BCUT2D eigenvalue weighted by molar-refractivity contribution is -0.870. The molecule has 9 heteroatoms. The van der Waals surface area contributed by atoms with Crippen molar-refractivity contribution in [2.45, 2.75) is 26.4 Å². The van der Waals surface area contributed by atoms with Gasteiger partial charge in [0, 0.05) is 5.57 Å². The molecule has 0 N–H and O–H groups in total. The first-order valence-electron chi connectivity index (χ1n) is 8.43. The summed E-state index contributed by atoms with van der Waals surface area (Å²) < 4.78 is 32.8. The van der Waals surface area contributed by atoms with E-state index in [1.165, 1.54) is 6.92 Å². The molecule has 2 atom stereocenters. The van der Waals surface area contributed by atoms with Crippen LogP contribution in [0.15, 0.2) is 24.3 Å². The van der Waals surface area contributed by atoms with E-state index in [1.54, 1.807) is 0 Å². The predicted octanol–water partition coefficient (Wildman–Crippen LogP) is 1.66. The lowest BCUT2D eigenvalue weighted by Gasteiger charge is -2.29. The SMILES string of the molecule is C=C(C)C(=O)OCC(COCC/C=C/C)OP(=O)([O-])OCC[N+](C)(C)C. The highest BCUT2D eigenvalue weighted by Gasteiger charge is 2.21. The lowest BCUT2D eigenvalue weighted by Crippen LogP contribution is -2.38. The maximum absolute atomic E-state index is 12.0. The molecular weight excluding hydrogens is 361 g/mol. The normalized spacial score (nSPS) is 15.6. The van der Waals surface area contributed by atoms with Gasteiger partial charge < -0.3 is 27.9 Å². The molecule has 0 saturated carbocycles. The van der Waals surface area contributed by atoms with Crippen LogP contribution in [0.2, 0.25) is 0 Å². The molecule has 0 amide bonds. The lowest BCUT2D eigenvalue weighted by atomic mass is 10.3. The van der Waals surface area contributed by atoms with Crippen molar-refractivity contribution in [3.05, 3.63) is 24.3 Å². The summed E-state index contributed by atoms with van der Waals surface area (Å²) in [5.74, 6) is -0.626. The maximum atomic E-state index is 12.0. The van der Waals surface area contributed by atoms with Gasteiger partial charge in [-0.05, 0) is 20.3 Å². The number of quaternary nitrogens is 1. The van der Waals surface area contributed by atoms with Gasteiger partial charge in [0.25, 0.3) is 7.82 Å². The molecule has 0 heterocycles. The van der Waals surface area contributed by atoms with Crippen LogP contribution in [0.25, 0.3) is 0 Å². The number of hydrogen-bond acceptors (Lipinski definition) is 7. The molecule has 0 aliphatic rings. The Hall–Kier alpha value is -1.02. The second kappa shape index (κ2) is 12.4. The van der Waals surface area contributed by atoms with Crippen LogP contribution in [0.1, 0.15) is 20.3 Å². The van der Waals surface area contributed by atoms with E-state index < -0.39 is 19.9 Å². The number of carbonyl (C=O) groups is 1. The Kier molecular flexibility index (Phi) is 11.9. The number of esters is 1. The van der Waals surface area contributed by atoms with Crippen molar-refractivity contribution >= 4 is 13.8 Å². The highest BCUT2D eigenvalue weighted by molar-refractivity contribution is 7.45. The molecule has 0 aromatic carbocycles. The molecule has 0 aliphatic heterocycles. The van der Waals surface area contributed by atoms with Crippen molar-refractivity contribution in [3.8, 4) is 0 Å². The zero-order chi connectivity index (χ0) is 20.2. The Balaban J connectivity index is 4.61. The summed E-state index contributed by atoms with van der Waals surface area (Å²) in [4.78, 5) is 23.5. The van der Waals surface area contributed by atoms with Gasteiger partial charge in [-0.2, -0.15) is 0 Å². The standard InChI is InChI=1S/C17H32NO7P/c1-7-8-9-11-22-13-16(14-23-17(19)15(2)3)25-26(20,21)24-12-10-18(4,5)6/h7-8,16H,2,9-14H2,1,3-6H3/b8-7+. The Labute approximate surface area is 156 Å². The highest BCUT2D eigenvalue weighted by Crippen LogP contribution is 2.39. The minimum Gasteiger partial charge on any atom is -0.756 e. The molecule has 0 spiro atoms. The van der Waals surface area contributed by atoms with Crippen molar-refractivity contribution in [2.75, 3.05) is 54.1 Å². The Morgan fingerprint density at radius 2 is 1.92 bits per heavy atom. The largest absolute Gasteiger partial charge is 0.756 e. The van der Waals surface area contributed by atoms with Crippen molar-refractivity contribution in [1.82, 2.24) is 0 Å². The average Bonchev–Trinajstić information content (AvgIpc) is 2.49. The summed E-state index contributed by atoms with van der Waals surface area (Å²) in [5.41, 5.74) is 0.210. The van der Waals surface area contributed by atoms with Crippen molar-refractivity contribution in [1.29, 1.82) is 0 Å². The van der Waals surface area contributed by atoms with Gasteiger partial charge in [-0.1, -0.05) is 18.7 Å². The Bertz CT molecular complexity index is 514. The molecule has 0 saturated heterocycles. The van der Waals surface area contributed by atoms with E-state index in [-0.39, 0.29) is 25.4 Å². The van der Waals surface area contributed by atoms with Gasteiger partial charge in [-0.15, -0.1) is 0 Å². The van der Waals surface area contributed by atoms with Crippen molar-refractivity contribution in [2.24, 2.45) is 0 Å². The first-order chi connectivity index (χ1) is 12.0. The summed E-state index contributed by atoms with van der Waals surface area (Å²) in [7, 11) is 1.20. The van der Waals surface area contributed by atoms with Crippen LogP contribution in [0.4, 0.5) is 0 Å². The number of carbonyl (C=O) groups excluding carboxylic acids is 1. The third kappa shape index (κ3) is 14.2. The minimum absolute atomic E-state index is 0.00922. The number of ether oxygens (including phenoxy) is 2. The van der Waals surface area contributed by atoms with Gasteiger partial charge in [0.1, 0.15) is 25.9 Å². The highest BCUT2D eigenvalue weighted by atomic mass is 31.2. The van der Waals surface area contributed by atoms with Crippen LogP contribution in [-0.4, -0.2) is 70.7 Å².